The van der Waals surface area contributed by atoms with Crippen LogP contribution in [0, 0.1) is 0 Å². The first-order valence-electron chi connectivity index (χ1n) is 8.53. The van der Waals surface area contributed by atoms with Crippen LogP contribution in [0.4, 0.5) is 16.3 Å². The highest BCUT2D eigenvalue weighted by Crippen LogP contribution is 2.23. The van der Waals surface area contributed by atoms with Gasteiger partial charge in [0.25, 0.3) is 5.91 Å². The van der Waals surface area contributed by atoms with Crippen molar-refractivity contribution in [1.82, 2.24) is 20.3 Å². The van der Waals surface area contributed by atoms with Crippen LogP contribution in [0.25, 0.3) is 11.3 Å². The highest BCUT2D eigenvalue weighted by atomic mass is 79.9. The number of carbonyl (C=O) groups is 2. The molecule has 0 aliphatic rings. The minimum atomic E-state index is -1.05. The summed E-state index contributed by atoms with van der Waals surface area (Å²) in [5.74, 6) is -0.482. The summed E-state index contributed by atoms with van der Waals surface area (Å²) < 4.78 is 0.677. The maximum atomic E-state index is 12.6. The molecular weight excluding hydrogens is 440 g/mol. The van der Waals surface area contributed by atoms with Crippen LogP contribution < -0.4 is 16.4 Å². The largest absolute Gasteiger partial charge is 0.465 e. The number of nitrogens with two attached hydrogens (primary N) is 1. The standard InChI is InChI=1S/C19H17BrN6O3/c20-13-6-7-22-9-15(13)26-18(27)16-17(21)24-10-14(25-16)12-3-1-11(2-4-12)5-8-23-19(28)29/h1-4,6-7,9-10,23H,5,8H2,(H2,21,24)(H,26,27)(H,28,29). The van der Waals surface area contributed by atoms with Crippen molar-refractivity contribution in [3.63, 3.8) is 0 Å². The van der Waals surface area contributed by atoms with Gasteiger partial charge in [0, 0.05) is 22.8 Å². The van der Waals surface area contributed by atoms with Gasteiger partial charge in [-0.3, -0.25) is 9.78 Å². The summed E-state index contributed by atoms with van der Waals surface area (Å²) in [5, 5.41) is 13.6. The van der Waals surface area contributed by atoms with Crippen LogP contribution in [-0.4, -0.2) is 38.6 Å². The van der Waals surface area contributed by atoms with E-state index in [-0.39, 0.29) is 11.5 Å². The fourth-order valence-corrected chi connectivity index (χ4v) is 2.83. The number of amides is 2. The molecule has 0 saturated heterocycles. The molecule has 3 aromatic rings. The lowest BCUT2D eigenvalue weighted by Gasteiger charge is -2.09. The maximum absolute atomic E-state index is 12.6. The van der Waals surface area contributed by atoms with Gasteiger partial charge >= 0.3 is 6.09 Å². The van der Waals surface area contributed by atoms with Gasteiger partial charge in [0.1, 0.15) is 0 Å². The van der Waals surface area contributed by atoms with Crippen LogP contribution >= 0.6 is 15.9 Å². The zero-order chi connectivity index (χ0) is 20.8. The molecule has 1 aromatic carbocycles. The third-order valence-electron chi connectivity index (χ3n) is 3.97. The molecule has 0 aliphatic heterocycles. The van der Waals surface area contributed by atoms with E-state index in [1.54, 1.807) is 12.3 Å². The van der Waals surface area contributed by atoms with E-state index < -0.39 is 12.0 Å². The molecule has 0 unspecified atom stereocenters. The molecule has 0 bridgehead atoms. The number of rotatable bonds is 6. The average Bonchev–Trinajstić information content (AvgIpc) is 2.70. The summed E-state index contributed by atoms with van der Waals surface area (Å²) in [7, 11) is 0. The van der Waals surface area contributed by atoms with Crippen molar-refractivity contribution < 1.29 is 14.7 Å². The fraction of sp³-hybridized carbons (Fsp3) is 0.105. The summed E-state index contributed by atoms with van der Waals surface area (Å²) >= 11 is 3.34. The molecule has 9 nitrogen and oxygen atoms in total. The van der Waals surface area contributed by atoms with Crippen LogP contribution in [0.1, 0.15) is 16.1 Å². The Kier molecular flexibility index (Phi) is 6.35. The molecule has 0 spiro atoms. The van der Waals surface area contributed by atoms with Crippen molar-refractivity contribution >= 4 is 39.4 Å². The zero-order valence-corrected chi connectivity index (χ0v) is 16.7. The molecule has 3 rings (SSSR count). The minimum absolute atomic E-state index is 0.00740. The van der Waals surface area contributed by atoms with Crippen molar-refractivity contribution in [2.24, 2.45) is 0 Å². The van der Waals surface area contributed by atoms with E-state index in [4.69, 9.17) is 10.8 Å². The molecule has 0 saturated carbocycles. The zero-order valence-electron chi connectivity index (χ0n) is 15.1. The third-order valence-corrected chi connectivity index (χ3v) is 4.66. The van der Waals surface area contributed by atoms with E-state index in [0.717, 1.165) is 11.1 Å². The van der Waals surface area contributed by atoms with E-state index >= 15 is 0 Å². The molecule has 5 N–H and O–H groups in total. The molecule has 2 aromatic heterocycles. The number of nitrogens with one attached hydrogen (secondary N) is 2. The number of nitrogens with zero attached hydrogens (tertiary/aromatic N) is 3. The predicted molar refractivity (Wildman–Crippen MR) is 112 cm³/mol. The highest BCUT2D eigenvalue weighted by Gasteiger charge is 2.16. The lowest BCUT2D eigenvalue weighted by Crippen LogP contribution is -2.23. The molecule has 0 radical (unpaired) electrons. The second-order valence-corrected chi connectivity index (χ2v) is 6.83. The second kappa shape index (κ2) is 9.11. The topological polar surface area (TPSA) is 143 Å². The van der Waals surface area contributed by atoms with Gasteiger partial charge in [0.15, 0.2) is 11.5 Å². The molecule has 2 amide bonds. The first-order valence-corrected chi connectivity index (χ1v) is 9.33. The number of hydrogen-bond donors (Lipinski definition) is 4. The Bertz CT molecular complexity index is 1040. The van der Waals surface area contributed by atoms with Gasteiger partial charge in [0.2, 0.25) is 0 Å². The quantitative estimate of drug-likeness (QED) is 0.446. The molecule has 0 atom stereocenters. The average molecular weight is 457 g/mol. The van der Waals surface area contributed by atoms with Crippen molar-refractivity contribution in [3.8, 4) is 11.3 Å². The molecule has 29 heavy (non-hydrogen) atoms. The number of anilines is 2. The summed E-state index contributed by atoms with van der Waals surface area (Å²) in [4.78, 5) is 35.5. The lowest BCUT2D eigenvalue weighted by atomic mass is 10.1. The van der Waals surface area contributed by atoms with Gasteiger partial charge in [-0.25, -0.2) is 14.8 Å². The number of carboxylic acid groups (broad SMARTS) is 1. The van der Waals surface area contributed by atoms with Crippen LogP contribution in [-0.2, 0) is 6.42 Å². The van der Waals surface area contributed by atoms with Gasteiger partial charge in [-0.1, -0.05) is 24.3 Å². The van der Waals surface area contributed by atoms with Crippen molar-refractivity contribution in [1.29, 1.82) is 0 Å². The Balaban J connectivity index is 1.77. The number of hydrogen-bond acceptors (Lipinski definition) is 6. The van der Waals surface area contributed by atoms with Crippen molar-refractivity contribution in [3.05, 3.63) is 64.7 Å². The first kappa shape index (κ1) is 20.2. The third kappa shape index (κ3) is 5.26. The summed E-state index contributed by atoms with van der Waals surface area (Å²) in [6.07, 6.45) is 4.10. The van der Waals surface area contributed by atoms with E-state index in [9.17, 15) is 9.59 Å². The Morgan fingerprint density at radius 3 is 2.59 bits per heavy atom. The number of benzene rings is 1. The highest BCUT2D eigenvalue weighted by molar-refractivity contribution is 9.10. The number of pyridine rings is 1. The normalized spacial score (nSPS) is 10.4. The number of carbonyl (C=O) groups excluding carboxylic acids is 1. The molecule has 10 heteroatoms. The van der Waals surface area contributed by atoms with Gasteiger partial charge in [0.05, 0.1) is 23.8 Å². The van der Waals surface area contributed by atoms with Crippen molar-refractivity contribution in [2.45, 2.75) is 6.42 Å². The molecular formula is C19H17BrN6O3. The van der Waals surface area contributed by atoms with E-state index in [2.05, 4.69) is 41.5 Å². The summed E-state index contributed by atoms with van der Waals surface area (Å²) in [5.41, 5.74) is 8.55. The lowest BCUT2D eigenvalue weighted by molar-refractivity contribution is 0.102. The van der Waals surface area contributed by atoms with Crippen LogP contribution in [0.5, 0.6) is 0 Å². The number of aromatic nitrogens is 3. The van der Waals surface area contributed by atoms with E-state index in [1.807, 2.05) is 24.3 Å². The van der Waals surface area contributed by atoms with Gasteiger partial charge < -0.3 is 21.5 Å². The molecule has 0 aliphatic carbocycles. The fourth-order valence-electron chi connectivity index (χ4n) is 2.51. The maximum Gasteiger partial charge on any atom is 0.404 e. The van der Waals surface area contributed by atoms with Crippen molar-refractivity contribution in [2.75, 3.05) is 17.6 Å². The van der Waals surface area contributed by atoms with E-state index in [0.29, 0.717) is 28.8 Å². The molecule has 148 valence electrons. The number of halogens is 1. The smallest absolute Gasteiger partial charge is 0.404 e. The molecule has 0 fully saturated rings. The summed E-state index contributed by atoms with van der Waals surface area (Å²) in [6.45, 7) is 0.324. The Hall–Kier alpha value is -3.53. The molecule has 2 heterocycles. The summed E-state index contributed by atoms with van der Waals surface area (Å²) in [6, 6.07) is 9.09. The SMILES string of the molecule is Nc1ncc(-c2ccc(CCNC(=O)O)cc2)nc1C(=O)Nc1cnccc1Br. The first-order chi connectivity index (χ1) is 13.9. The number of nitrogen functional groups attached to an aromatic ring is 1. The Morgan fingerprint density at radius 1 is 1.14 bits per heavy atom. The minimum Gasteiger partial charge on any atom is -0.465 e. The van der Waals surface area contributed by atoms with Gasteiger partial charge in [-0.15, -0.1) is 0 Å². The van der Waals surface area contributed by atoms with Gasteiger partial charge in [-0.05, 0) is 34.0 Å². The van der Waals surface area contributed by atoms with Crippen LogP contribution in [0.3, 0.4) is 0 Å². The van der Waals surface area contributed by atoms with Gasteiger partial charge in [-0.2, -0.15) is 0 Å². The monoisotopic (exact) mass is 456 g/mol. The van der Waals surface area contributed by atoms with E-state index in [1.165, 1.54) is 12.4 Å². The Labute approximate surface area is 174 Å². The van der Waals surface area contributed by atoms with Crippen LogP contribution in [0.2, 0.25) is 0 Å². The van der Waals surface area contributed by atoms with Crippen LogP contribution in [0.15, 0.2) is 53.4 Å². The Morgan fingerprint density at radius 2 is 1.90 bits per heavy atom. The predicted octanol–water partition coefficient (Wildman–Crippen LogP) is 2.95. The second-order valence-electron chi connectivity index (χ2n) is 5.98.